The van der Waals surface area contributed by atoms with E-state index in [1.807, 2.05) is 42.5 Å². The fraction of sp³-hybridized carbons (Fsp3) is 0.261. The molecule has 0 saturated carbocycles. The molecule has 1 saturated heterocycles. The Morgan fingerprint density at radius 3 is 2.76 bits per heavy atom. The molecule has 10 heteroatoms. The summed E-state index contributed by atoms with van der Waals surface area (Å²) in [6.45, 7) is 4.06. The molecule has 4 aromatic rings. The molecule has 1 aliphatic rings. The Kier molecular flexibility index (Phi) is 5.90. The molecule has 33 heavy (non-hydrogen) atoms. The van der Waals surface area contributed by atoms with Gasteiger partial charge < -0.3 is 9.64 Å². The number of aromatic nitrogens is 4. The number of hydrogen-bond donors (Lipinski definition) is 1. The van der Waals surface area contributed by atoms with Gasteiger partial charge in [-0.05, 0) is 43.3 Å². The van der Waals surface area contributed by atoms with Gasteiger partial charge in [0.1, 0.15) is 17.0 Å². The molecule has 4 heterocycles. The highest BCUT2D eigenvalue weighted by atomic mass is 79.9. The summed E-state index contributed by atoms with van der Waals surface area (Å²) in [5.41, 5.74) is 2.74. The molecule has 3 aromatic heterocycles. The van der Waals surface area contributed by atoms with E-state index in [0.717, 1.165) is 21.4 Å². The Bertz CT molecular complexity index is 1420. The number of hydrogen-bond acceptors (Lipinski definition) is 7. The lowest BCUT2D eigenvalue weighted by Crippen LogP contribution is -2.44. The molecule has 0 radical (unpaired) electrons. The number of anilines is 1. The Labute approximate surface area is 200 Å². The van der Waals surface area contributed by atoms with Gasteiger partial charge in [0.25, 0.3) is 0 Å². The van der Waals surface area contributed by atoms with Crippen molar-refractivity contribution in [3.05, 3.63) is 59.3 Å². The number of pyridine rings is 2. The summed E-state index contributed by atoms with van der Waals surface area (Å²) in [4.78, 5) is 12.4. The monoisotopic (exact) mass is 526 g/mol. The van der Waals surface area contributed by atoms with Crippen molar-refractivity contribution < 1.29 is 8.95 Å². The quantitative estimate of drug-likeness (QED) is 0.410. The Morgan fingerprint density at radius 1 is 1.21 bits per heavy atom. The number of nitrogens with zero attached hydrogens (tertiary/aromatic N) is 5. The highest BCUT2D eigenvalue weighted by Crippen LogP contribution is 2.36. The molecule has 1 aromatic carbocycles. The Hall–Kier alpha value is -2.82. The molecular formula is C23H23BrN6O2S. The van der Waals surface area contributed by atoms with Crippen molar-refractivity contribution in [3.63, 3.8) is 0 Å². The summed E-state index contributed by atoms with van der Waals surface area (Å²) >= 11 is 3.44. The molecule has 0 aliphatic carbocycles. The maximum absolute atomic E-state index is 13.7. The standard InChI is InChI=1S/C23H23BrN6O2S/c1-15-14-32-12-11-30(15)21-13-20(29-33(2,31)17-5-3-16(24)4-6-17)18-7-9-25-23(22(18)27-21)19-8-10-26-28-19/h3-10,13,15H,11-12,14H2,1-2H3,(H,26,28)/t15-,33?/m1/s1. The van der Waals surface area contributed by atoms with Crippen LogP contribution in [0, 0.1) is 0 Å². The van der Waals surface area contributed by atoms with Gasteiger partial charge in [-0.3, -0.25) is 10.1 Å². The molecule has 1 fully saturated rings. The zero-order valence-electron chi connectivity index (χ0n) is 18.2. The fourth-order valence-electron chi connectivity index (χ4n) is 3.92. The largest absolute Gasteiger partial charge is 0.377 e. The van der Waals surface area contributed by atoms with Crippen molar-refractivity contribution in [1.82, 2.24) is 20.2 Å². The van der Waals surface area contributed by atoms with Crippen molar-refractivity contribution in [2.75, 3.05) is 30.9 Å². The average Bonchev–Trinajstić information content (AvgIpc) is 3.34. The van der Waals surface area contributed by atoms with E-state index in [0.29, 0.717) is 41.6 Å². The van der Waals surface area contributed by atoms with Gasteiger partial charge in [-0.25, -0.2) is 9.19 Å². The molecular weight excluding hydrogens is 504 g/mol. The summed E-state index contributed by atoms with van der Waals surface area (Å²) in [6, 6.07) is 13.2. The number of nitrogens with one attached hydrogen (secondary N) is 1. The first-order chi connectivity index (χ1) is 15.9. The van der Waals surface area contributed by atoms with E-state index in [-0.39, 0.29) is 6.04 Å². The van der Waals surface area contributed by atoms with E-state index in [4.69, 9.17) is 14.1 Å². The second kappa shape index (κ2) is 8.85. The zero-order chi connectivity index (χ0) is 23.0. The van der Waals surface area contributed by atoms with Crippen LogP contribution in [0.3, 0.4) is 0 Å². The van der Waals surface area contributed by atoms with Crippen LogP contribution in [0.15, 0.2) is 68.6 Å². The van der Waals surface area contributed by atoms with E-state index in [9.17, 15) is 4.21 Å². The van der Waals surface area contributed by atoms with Crippen LogP contribution in [0.25, 0.3) is 22.3 Å². The van der Waals surface area contributed by atoms with Gasteiger partial charge in [0, 0.05) is 46.0 Å². The van der Waals surface area contributed by atoms with Gasteiger partial charge >= 0.3 is 0 Å². The number of aromatic amines is 1. The van der Waals surface area contributed by atoms with Crippen molar-refractivity contribution >= 4 is 48.1 Å². The Morgan fingerprint density at radius 2 is 2.03 bits per heavy atom. The maximum atomic E-state index is 13.7. The van der Waals surface area contributed by atoms with Gasteiger partial charge in [-0.1, -0.05) is 15.9 Å². The lowest BCUT2D eigenvalue weighted by Gasteiger charge is -2.34. The molecule has 0 spiro atoms. The van der Waals surface area contributed by atoms with Crippen LogP contribution in [0.4, 0.5) is 11.5 Å². The minimum atomic E-state index is -2.71. The number of H-pyrrole nitrogens is 1. The van der Waals surface area contributed by atoms with Crippen molar-refractivity contribution in [2.45, 2.75) is 17.9 Å². The second-order valence-corrected chi connectivity index (χ2v) is 11.2. The number of halogens is 1. The van der Waals surface area contributed by atoms with E-state index in [1.165, 1.54) is 0 Å². The predicted octanol–water partition coefficient (Wildman–Crippen LogP) is 4.80. The van der Waals surface area contributed by atoms with Crippen LogP contribution in [0.5, 0.6) is 0 Å². The molecule has 1 N–H and O–H groups in total. The van der Waals surface area contributed by atoms with Crippen LogP contribution < -0.4 is 4.90 Å². The SMILES string of the molecule is C[C@@H]1COCCN1c1cc(N=S(C)(=O)c2ccc(Br)cc2)c2ccnc(-c3ccn[nH]3)c2n1. The third-order valence-electron chi connectivity index (χ3n) is 5.63. The van der Waals surface area contributed by atoms with Crippen LogP contribution in [-0.2, 0) is 14.5 Å². The Balaban J connectivity index is 1.76. The van der Waals surface area contributed by atoms with E-state index in [2.05, 4.69) is 42.9 Å². The van der Waals surface area contributed by atoms with Gasteiger partial charge in [0.15, 0.2) is 0 Å². The first-order valence-electron chi connectivity index (χ1n) is 10.5. The second-order valence-electron chi connectivity index (χ2n) is 7.99. The van der Waals surface area contributed by atoms with Crippen LogP contribution in [0.1, 0.15) is 6.92 Å². The van der Waals surface area contributed by atoms with Gasteiger partial charge in [0.2, 0.25) is 0 Å². The number of rotatable bonds is 4. The number of ether oxygens (including phenoxy) is 1. The molecule has 170 valence electrons. The first kappa shape index (κ1) is 22.0. The third kappa shape index (κ3) is 4.38. The lowest BCUT2D eigenvalue weighted by molar-refractivity contribution is 0.0986. The van der Waals surface area contributed by atoms with Crippen molar-refractivity contribution in [3.8, 4) is 11.4 Å². The molecule has 1 aliphatic heterocycles. The van der Waals surface area contributed by atoms with Gasteiger partial charge in [0.05, 0.1) is 40.4 Å². The van der Waals surface area contributed by atoms with Gasteiger partial charge in [-0.2, -0.15) is 9.46 Å². The summed E-state index contributed by atoms with van der Waals surface area (Å²) < 4.78 is 25.0. The molecule has 0 amide bonds. The molecule has 0 bridgehead atoms. The van der Waals surface area contributed by atoms with Crippen LogP contribution >= 0.6 is 15.9 Å². The predicted molar refractivity (Wildman–Crippen MR) is 133 cm³/mol. The van der Waals surface area contributed by atoms with Gasteiger partial charge in [-0.15, -0.1) is 0 Å². The molecule has 2 atom stereocenters. The summed E-state index contributed by atoms with van der Waals surface area (Å²) in [5, 5.41) is 7.82. The number of morpholine rings is 1. The van der Waals surface area contributed by atoms with Crippen molar-refractivity contribution in [1.29, 1.82) is 0 Å². The third-order valence-corrected chi connectivity index (χ3v) is 7.85. The number of fused-ring (bicyclic) bond motifs is 1. The molecule has 5 rings (SSSR count). The smallest absolute Gasteiger partial charge is 0.131 e. The number of benzene rings is 1. The molecule has 8 nitrogen and oxygen atoms in total. The topological polar surface area (TPSA) is 96.4 Å². The average molecular weight is 527 g/mol. The molecule has 1 unspecified atom stereocenters. The summed E-state index contributed by atoms with van der Waals surface area (Å²) in [5.74, 6) is 0.761. The minimum Gasteiger partial charge on any atom is -0.377 e. The highest BCUT2D eigenvalue weighted by Gasteiger charge is 2.23. The van der Waals surface area contributed by atoms with E-state index in [1.54, 1.807) is 18.6 Å². The normalized spacial score (nSPS) is 18.3. The van der Waals surface area contributed by atoms with Crippen LogP contribution in [0.2, 0.25) is 0 Å². The van der Waals surface area contributed by atoms with E-state index < -0.39 is 9.73 Å². The van der Waals surface area contributed by atoms with Crippen LogP contribution in [-0.4, -0.2) is 56.4 Å². The summed E-state index contributed by atoms with van der Waals surface area (Å²) in [7, 11) is -2.71. The highest BCUT2D eigenvalue weighted by molar-refractivity contribution is 9.10. The van der Waals surface area contributed by atoms with E-state index >= 15 is 0 Å². The summed E-state index contributed by atoms with van der Waals surface area (Å²) in [6.07, 6.45) is 5.06. The minimum absolute atomic E-state index is 0.154. The van der Waals surface area contributed by atoms with Crippen molar-refractivity contribution in [2.24, 2.45) is 4.36 Å². The first-order valence-corrected chi connectivity index (χ1v) is 13.3. The maximum Gasteiger partial charge on any atom is 0.131 e. The lowest BCUT2D eigenvalue weighted by atomic mass is 10.1. The zero-order valence-corrected chi connectivity index (χ0v) is 20.6. The fourth-order valence-corrected chi connectivity index (χ4v) is 5.46.